The number of carbonyl (C=O) groups is 2. The predicted molar refractivity (Wildman–Crippen MR) is 103 cm³/mol. The van der Waals surface area contributed by atoms with Crippen molar-refractivity contribution in [3.05, 3.63) is 75.2 Å². The van der Waals surface area contributed by atoms with Crippen LogP contribution in [-0.2, 0) is 0 Å². The van der Waals surface area contributed by atoms with Gasteiger partial charge in [0.1, 0.15) is 4.88 Å². The van der Waals surface area contributed by atoms with Crippen LogP contribution in [0.5, 0.6) is 0 Å². The second kappa shape index (κ2) is 7.58. The number of nitrogens with zero attached hydrogens (tertiary/aromatic N) is 1. The fourth-order valence-corrected chi connectivity index (χ4v) is 3.26. The molecule has 2 N–H and O–H groups in total. The Morgan fingerprint density at radius 1 is 0.960 bits per heavy atom. The summed E-state index contributed by atoms with van der Waals surface area (Å²) in [6.07, 6.45) is 0. The van der Waals surface area contributed by atoms with Crippen molar-refractivity contribution in [1.29, 1.82) is 0 Å². The largest absolute Gasteiger partial charge is 0.321 e. The highest BCUT2D eigenvalue weighted by molar-refractivity contribution is 9.10. The van der Waals surface area contributed by atoms with Gasteiger partial charge in [0.05, 0.1) is 5.69 Å². The van der Waals surface area contributed by atoms with E-state index in [1.54, 1.807) is 31.2 Å². The minimum atomic E-state index is -0.267. The first-order valence-electron chi connectivity index (χ1n) is 7.43. The van der Waals surface area contributed by atoms with Crippen molar-refractivity contribution in [2.24, 2.45) is 0 Å². The summed E-state index contributed by atoms with van der Waals surface area (Å²) in [5, 5.41) is 5.94. The molecule has 0 saturated carbocycles. The monoisotopic (exact) mass is 415 g/mol. The number of hydrogen-bond acceptors (Lipinski definition) is 4. The maximum Gasteiger partial charge on any atom is 0.267 e. The molecule has 25 heavy (non-hydrogen) atoms. The average molecular weight is 416 g/mol. The number of hydrogen-bond donors (Lipinski definition) is 2. The number of thiazole rings is 1. The number of anilines is 2. The molecule has 1 aromatic heterocycles. The van der Waals surface area contributed by atoms with Gasteiger partial charge in [-0.25, -0.2) is 4.98 Å². The van der Waals surface area contributed by atoms with Crippen LogP contribution in [-0.4, -0.2) is 16.8 Å². The molecule has 0 atom stereocenters. The summed E-state index contributed by atoms with van der Waals surface area (Å²) in [6.45, 7) is 1.74. The molecule has 0 saturated heterocycles. The van der Waals surface area contributed by atoms with Crippen LogP contribution < -0.4 is 10.6 Å². The van der Waals surface area contributed by atoms with Gasteiger partial charge in [-0.15, -0.1) is 0 Å². The second-order valence-corrected chi connectivity index (χ2v) is 7.13. The summed E-state index contributed by atoms with van der Waals surface area (Å²) >= 11 is 4.48. The Labute approximate surface area is 157 Å². The first-order chi connectivity index (χ1) is 12.0. The molecule has 0 aliphatic rings. The van der Waals surface area contributed by atoms with E-state index in [0.29, 0.717) is 27.0 Å². The lowest BCUT2D eigenvalue weighted by atomic mass is 10.2. The molecular weight excluding hydrogens is 402 g/mol. The van der Waals surface area contributed by atoms with Crippen molar-refractivity contribution < 1.29 is 9.59 Å². The van der Waals surface area contributed by atoms with Crippen LogP contribution >= 0.6 is 27.3 Å². The van der Waals surface area contributed by atoms with Gasteiger partial charge in [0.2, 0.25) is 0 Å². The fourth-order valence-electron chi connectivity index (χ4n) is 2.14. The molecule has 0 bridgehead atoms. The van der Waals surface area contributed by atoms with Crippen LogP contribution in [0.25, 0.3) is 0 Å². The van der Waals surface area contributed by atoms with Crippen molar-refractivity contribution in [3.8, 4) is 0 Å². The van der Waals surface area contributed by atoms with Crippen molar-refractivity contribution >= 4 is 49.9 Å². The van der Waals surface area contributed by atoms with Crippen LogP contribution in [0.3, 0.4) is 0 Å². The van der Waals surface area contributed by atoms with Gasteiger partial charge in [0, 0.05) is 15.7 Å². The Balaban J connectivity index is 1.72. The number of carbonyl (C=O) groups excluding carboxylic acids is 2. The zero-order chi connectivity index (χ0) is 17.8. The zero-order valence-electron chi connectivity index (χ0n) is 13.2. The lowest BCUT2D eigenvalue weighted by Gasteiger charge is -2.03. The molecule has 0 radical (unpaired) electrons. The van der Waals surface area contributed by atoms with Crippen molar-refractivity contribution in [3.63, 3.8) is 0 Å². The summed E-state index contributed by atoms with van der Waals surface area (Å²) in [5.41, 5.74) is 1.80. The number of aromatic nitrogens is 1. The maximum atomic E-state index is 12.4. The molecule has 2 amide bonds. The topological polar surface area (TPSA) is 71.1 Å². The molecule has 5 nitrogen and oxygen atoms in total. The van der Waals surface area contributed by atoms with E-state index in [4.69, 9.17) is 0 Å². The van der Waals surface area contributed by atoms with Crippen LogP contribution in [0.4, 0.5) is 10.8 Å². The summed E-state index contributed by atoms with van der Waals surface area (Å²) in [7, 11) is 0. The Morgan fingerprint density at radius 3 is 2.32 bits per heavy atom. The smallest absolute Gasteiger partial charge is 0.267 e. The van der Waals surface area contributed by atoms with Crippen molar-refractivity contribution in [1.82, 2.24) is 4.98 Å². The van der Waals surface area contributed by atoms with Crippen LogP contribution in [0, 0.1) is 6.92 Å². The summed E-state index contributed by atoms with van der Waals surface area (Å²) in [6, 6.07) is 16.2. The van der Waals surface area contributed by atoms with E-state index in [-0.39, 0.29) is 11.8 Å². The van der Waals surface area contributed by atoms with E-state index >= 15 is 0 Å². The number of amides is 2. The normalized spacial score (nSPS) is 10.3. The minimum absolute atomic E-state index is 0.245. The SMILES string of the molecule is Cc1nc(NC(=O)c2ccc(Br)cc2)sc1C(=O)Nc1ccccc1. The molecule has 1 heterocycles. The summed E-state index contributed by atoms with van der Waals surface area (Å²) in [5.74, 6) is -0.512. The van der Waals surface area contributed by atoms with E-state index in [1.165, 1.54) is 0 Å². The second-order valence-electron chi connectivity index (χ2n) is 5.21. The number of aryl methyl sites for hydroxylation is 1. The molecule has 3 rings (SSSR count). The van der Waals surface area contributed by atoms with E-state index in [2.05, 4.69) is 31.5 Å². The van der Waals surface area contributed by atoms with E-state index in [0.717, 1.165) is 15.8 Å². The minimum Gasteiger partial charge on any atom is -0.321 e. The van der Waals surface area contributed by atoms with Crippen molar-refractivity contribution in [2.45, 2.75) is 6.92 Å². The predicted octanol–water partition coefficient (Wildman–Crippen LogP) is 4.72. The average Bonchev–Trinajstić information content (AvgIpc) is 2.96. The molecular formula is C18H14BrN3O2S. The van der Waals surface area contributed by atoms with Gasteiger partial charge >= 0.3 is 0 Å². The molecule has 126 valence electrons. The van der Waals surface area contributed by atoms with Gasteiger partial charge in [0.25, 0.3) is 11.8 Å². The van der Waals surface area contributed by atoms with Gasteiger partial charge in [-0.1, -0.05) is 45.5 Å². The molecule has 7 heteroatoms. The number of nitrogens with one attached hydrogen (secondary N) is 2. The van der Waals surface area contributed by atoms with Gasteiger partial charge < -0.3 is 5.32 Å². The quantitative estimate of drug-likeness (QED) is 0.647. The molecule has 0 aliphatic carbocycles. The van der Waals surface area contributed by atoms with E-state index in [1.807, 2.05) is 30.3 Å². The van der Waals surface area contributed by atoms with Crippen LogP contribution in [0.15, 0.2) is 59.1 Å². The Hall–Kier alpha value is -2.51. The van der Waals surface area contributed by atoms with E-state index < -0.39 is 0 Å². The van der Waals surface area contributed by atoms with Crippen LogP contribution in [0.1, 0.15) is 25.7 Å². The summed E-state index contributed by atoms with van der Waals surface area (Å²) < 4.78 is 0.897. The fraction of sp³-hybridized carbons (Fsp3) is 0.0556. The zero-order valence-corrected chi connectivity index (χ0v) is 15.6. The third-order valence-corrected chi connectivity index (χ3v) is 4.96. The molecule has 0 fully saturated rings. The van der Waals surface area contributed by atoms with Crippen LogP contribution in [0.2, 0.25) is 0 Å². The summed E-state index contributed by atoms with van der Waals surface area (Å²) in [4.78, 5) is 29.4. The number of para-hydroxylation sites is 1. The Morgan fingerprint density at radius 2 is 1.64 bits per heavy atom. The highest BCUT2D eigenvalue weighted by atomic mass is 79.9. The van der Waals surface area contributed by atoms with Gasteiger partial charge in [-0.2, -0.15) is 0 Å². The molecule has 0 unspecified atom stereocenters. The number of rotatable bonds is 4. The molecule has 3 aromatic rings. The third kappa shape index (κ3) is 4.32. The standard InChI is InChI=1S/C18H14BrN3O2S/c1-11-15(17(24)21-14-5-3-2-4-6-14)25-18(20-11)22-16(23)12-7-9-13(19)10-8-12/h2-10H,1H3,(H,21,24)(H,20,22,23). The highest BCUT2D eigenvalue weighted by Crippen LogP contribution is 2.24. The van der Waals surface area contributed by atoms with Crippen molar-refractivity contribution in [2.75, 3.05) is 10.6 Å². The first kappa shape index (κ1) is 17.3. The highest BCUT2D eigenvalue weighted by Gasteiger charge is 2.17. The van der Waals surface area contributed by atoms with Gasteiger partial charge in [-0.05, 0) is 43.3 Å². The molecule has 0 spiro atoms. The van der Waals surface area contributed by atoms with E-state index in [9.17, 15) is 9.59 Å². The Kier molecular flexibility index (Phi) is 5.25. The molecule has 0 aliphatic heterocycles. The number of benzene rings is 2. The third-order valence-electron chi connectivity index (χ3n) is 3.36. The Bertz CT molecular complexity index is 908. The lowest BCUT2D eigenvalue weighted by molar-refractivity contribution is 0.102. The number of halogens is 1. The maximum absolute atomic E-state index is 12.4. The van der Waals surface area contributed by atoms with Gasteiger partial charge in [-0.3, -0.25) is 14.9 Å². The van der Waals surface area contributed by atoms with Gasteiger partial charge in [0.15, 0.2) is 5.13 Å². The first-order valence-corrected chi connectivity index (χ1v) is 9.04. The lowest BCUT2D eigenvalue weighted by Crippen LogP contribution is -2.11. The molecule has 2 aromatic carbocycles.